The number of nitrogens with zero attached hydrogens (tertiary/aromatic N) is 3. The summed E-state index contributed by atoms with van der Waals surface area (Å²) in [4.78, 5) is 18.3. The van der Waals surface area contributed by atoms with Gasteiger partial charge in [-0.1, -0.05) is 0 Å². The fraction of sp³-hybridized carbons (Fsp3) is 0.444. The molecule has 0 saturated carbocycles. The quantitative estimate of drug-likeness (QED) is 0.916. The molecule has 0 aliphatic carbocycles. The van der Waals surface area contributed by atoms with Crippen LogP contribution in [0, 0.1) is 0 Å². The van der Waals surface area contributed by atoms with Gasteiger partial charge in [-0.25, -0.2) is 4.98 Å². The highest BCUT2D eigenvalue weighted by atomic mass is 16.5. The third-order valence-corrected chi connectivity index (χ3v) is 4.09. The largest absolute Gasteiger partial charge is 0.372 e. The Kier molecular flexibility index (Phi) is 5.15. The summed E-state index contributed by atoms with van der Waals surface area (Å²) in [5, 5.41) is 2.94. The van der Waals surface area contributed by atoms with Crippen molar-refractivity contribution in [3.8, 4) is 0 Å². The number of aryl methyl sites for hydroxylation is 1. The second-order valence-corrected chi connectivity index (χ2v) is 6.31. The number of morpholine rings is 1. The molecule has 0 radical (unpaired) electrons. The molecule has 2 heterocycles. The van der Waals surface area contributed by atoms with E-state index in [2.05, 4.69) is 41.2 Å². The fourth-order valence-electron chi connectivity index (χ4n) is 3.02. The van der Waals surface area contributed by atoms with Crippen LogP contribution >= 0.6 is 0 Å². The maximum atomic E-state index is 12.0. The second kappa shape index (κ2) is 7.49. The van der Waals surface area contributed by atoms with Gasteiger partial charge in [0.05, 0.1) is 18.5 Å². The van der Waals surface area contributed by atoms with Crippen molar-refractivity contribution in [2.75, 3.05) is 23.3 Å². The molecule has 0 bridgehead atoms. The summed E-state index contributed by atoms with van der Waals surface area (Å²) >= 11 is 0. The molecule has 1 amide bonds. The third-order valence-electron chi connectivity index (χ3n) is 4.09. The van der Waals surface area contributed by atoms with Crippen LogP contribution in [0.3, 0.4) is 0 Å². The van der Waals surface area contributed by atoms with Gasteiger partial charge >= 0.3 is 0 Å². The molecule has 2 aromatic rings. The molecular weight excluding hydrogens is 304 g/mol. The van der Waals surface area contributed by atoms with Crippen molar-refractivity contribution < 1.29 is 9.53 Å². The number of carbonyl (C=O) groups is 1. The SMILES string of the molecule is C[C@@H]1CN(c2ccc(NC(=O)CCn3ccnc3)cc2)C[C@H](C)O1. The number of hydrogen-bond donors (Lipinski definition) is 1. The van der Waals surface area contributed by atoms with Gasteiger partial charge in [-0.3, -0.25) is 4.79 Å². The molecule has 1 N–H and O–H groups in total. The summed E-state index contributed by atoms with van der Waals surface area (Å²) in [5.74, 6) is 0.00469. The van der Waals surface area contributed by atoms with E-state index in [4.69, 9.17) is 4.74 Å². The minimum Gasteiger partial charge on any atom is -0.372 e. The fourth-order valence-corrected chi connectivity index (χ4v) is 3.02. The van der Waals surface area contributed by atoms with Crippen LogP contribution in [0.15, 0.2) is 43.0 Å². The lowest BCUT2D eigenvalue weighted by Crippen LogP contribution is -2.45. The van der Waals surface area contributed by atoms with Crippen LogP contribution in [0.25, 0.3) is 0 Å². The van der Waals surface area contributed by atoms with E-state index in [0.29, 0.717) is 13.0 Å². The molecule has 1 aromatic heterocycles. The van der Waals surface area contributed by atoms with Gasteiger partial charge in [0.1, 0.15) is 0 Å². The van der Waals surface area contributed by atoms with Gasteiger partial charge in [-0.2, -0.15) is 0 Å². The van der Waals surface area contributed by atoms with Gasteiger partial charge in [-0.05, 0) is 38.1 Å². The first-order valence-corrected chi connectivity index (χ1v) is 8.36. The van der Waals surface area contributed by atoms with Gasteiger partial charge in [0.15, 0.2) is 0 Å². The monoisotopic (exact) mass is 328 g/mol. The summed E-state index contributed by atoms with van der Waals surface area (Å²) in [6.07, 6.45) is 6.17. The normalized spacial score (nSPS) is 20.8. The molecule has 1 aliphatic rings. The Labute approximate surface area is 142 Å². The van der Waals surface area contributed by atoms with E-state index in [1.54, 1.807) is 12.5 Å². The van der Waals surface area contributed by atoms with Gasteiger partial charge in [0, 0.05) is 49.8 Å². The van der Waals surface area contributed by atoms with Crippen molar-refractivity contribution >= 4 is 17.3 Å². The third kappa shape index (κ3) is 4.35. The number of aromatic nitrogens is 2. The topological polar surface area (TPSA) is 59.4 Å². The van der Waals surface area contributed by atoms with E-state index in [0.717, 1.165) is 24.5 Å². The molecule has 1 aliphatic heterocycles. The molecule has 0 spiro atoms. The molecular formula is C18H24N4O2. The predicted octanol–water partition coefficient (Wildman–Crippen LogP) is 2.53. The molecule has 3 rings (SSSR count). The van der Waals surface area contributed by atoms with Crippen molar-refractivity contribution in [1.82, 2.24) is 9.55 Å². The number of ether oxygens (including phenoxy) is 1. The number of anilines is 2. The first-order valence-electron chi connectivity index (χ1n) is 8.36. The average Bonchev–Trinajstić information content (AvgIpc) is 3.06. The van der Waals surface area contributed by atoms with Gasteiger partial charge < -0.3 is 19.5 Å². The highest BCUT2D eigenvalue weighted by Gasteiger charge is 2.22. The lowest BCUT2D eigenvalue weighted by atomic mass is 10.2. The lowest BCUT2D eigenvalue weighted by Gasteiger charge is -2.36. The number of imidazole rings is 1. The zero-order valence-electron chi connectivity index (χ0n) is 14.2. The van der Waals surface area contributed by atoms with Crippen LogP contribution in [0.4, 0.5) is 11.4 Å². The van der Waals surface area contributed by atoms with Crippen LogP contribution in [-0.4, -0.2) is 40.8 Å². The summed E-state index contributed by atoms with van der Waals surface area (Å²) in [6, 6.07) is 8.01. The lowest BCUT2D eigenvalue weighted by molar-refractivity contribution is -0.116. The molecule has 24 heavy (non-hydrogen) atoms. The zero-order valence-corrected chi connectivity index (χ0v) is 14.2. The van der Waals surface area contributed by atoms with Crippen LogP contribution in [0.1, 0.15) is 20.3 Å². The zero-order chi connectivity index (χ0) is 16.9. The smallest absolute Gasteiger partial charge is 0.226 e. The van der Waals surface area contributed by atoms with Crippen molar-refractivity contribution in [2.45, 2.75) is 39.0 Å². The van der Waals surface area contributed by atoms with Crippen molar-refractivity contribution in [3.63, 3.8) is 0 Å². The molecule has 128 valence electrons. The number of hydrogen-bond acceptors (Lipinski definition) is 4. The van der Waals surface area contributed by atoms with E-state index in [1.165, 1.54) is 0 Å². The highest BCUT2D eigenvalue weighted by molar-refractivity contribution is 5.90. The summed E-state index contributed by atoms with van der Waals surface area (Å²) in [6.45, 7) is 6.60. The number of benzene rings is 1. The minimum atomic E-state index is 0.00469. The van der Waals surface area contributed by atoms with Crippen LogP contribution in [0.5, 0.6) is 0 Å². The summed E-state index contributed by atoms with van der Waals surface area (Å²) in [5.41, 5.74) is 1.98. The van der Waals surface area contributed by atoms with E-state index in [-0.39, 0.29) is 18.1 Å². The van der Waals surface area contributed by atoms with Gasteiger partial charge in [0.2, 0.25) is 5.91 Å². The van der Waals surface area contributed by atoms with Gasteiger partial charge in [0.25, 0.3) is 0 Å². The van der Waals surface area contributed by atoms with Crippen LogP contribution < -0.4 is 10.2 Å². The molecule has 2 atom stereocenters. The summed E-state index contributed by atoms with van der Waals surface area (Å²) in [7, 11) is 0. The van der Waals surface area contributed by atoms with Crippen molar-refractivity contribution in [2.24, 2.45) is 0 Å². The highest BCUT2D eigenvalue weighted by Crippen LogP contribution is 2.22. The first-order chi connectivity index (χ1) is 11.6. The molecule has 0 unspecified atom stereocenters. The minimum absolute atomic E-state index is 0.00469. The maximum absolute atomic E-state index is 12.0. The molecule has 6 heteroatoms. The average molecular weight is 328 g/mol. The Morgan fingerprint density at radius 3 is 2.58 bits per heavy atom. The number of rotatable bonds is 5. The van der Waals surface area contributed by atoms with Crippen LogP contribution in [-0.2, 0) is 16.1 Å². The Bertz CT molecular complexity index is 644. The predicted molar refractivity (Wildman–Crippen MR) is 94.1 cm³/mol. The molecule has 6 nitrogen and oxygen atoms in total. The Hall–Kier alpha value is -2.34. The summed E-state index contributed by atoms with van der Waals surface area (Å²) < 4.78 is 7.66. The number of amides is 1. The van der Waals surface area contributed by atoms with Crippen molar-refractivity contribution in [3.05, 3.63) is 43.0 Å². The standard InChI is InChI=1S/C18H24N4O2/c1-14-11-22(12-15(2)24-14)17-5-3-16(4-6-17)20-18(23)7-9-21-10-8-19-13-21/h3-6,8,10,13-15H,7,9,11-12H2,1-2H3,(H,20,23)/t14-,15+. The molecule has 1 fully saturated rings. The first kappa shape index (κ1) is 16.5. The number of carbonyl (C=O) groups excluding carboxylic acids is 1. The molecule has 1 saturated heterocycles. The second-order valence-electron chi connectivity index (χ2n) is 6.31. The van der Waals surface area contributed by atoms with E-state index in [9.17, 15) is 4.79 Å². The van der Waals surface area contributed by atoms with Crippen molar-refractivity contribution in [1.29, 1.82) is 0 Å². The maximum Gasteiger partial charge on any atom is 0.226 e. The Balaban J connectivity index is 1.53. The Morgan fingerprint density at radius 2 is 1.96 bits per heavy atom. The van der Waals surface area contributed by atoms with E-state index >= 15 is 0 Å². The molecule has 1 aromatic carbocycles. The van der Waals surface area contributed by atoms with E-state index < -0.39 is 0 Å². The van der Waals surface area contributed by atoms with Gasteiger partial charge in [-0.15, -0.1) is 0 Å². The number of nitrogens with one attached hydrogen (secondary N) is 1. The Morgan fingerprint density at radius 1 is 1.25 bits per heavy atom. The van der Waals surface area contributed by atoms with Crippen LogP contribution in [0.2, 0.25) is 0 Å². The van der Waals surface area contributed by atoms with E-state index in [1.807, 2.05) is 22.9 Å².